The number of amides is 1. The molecule has 1 fully saturated rings. The van der Waals surface area contributed by atoms with E-state index in [0.29, 0.717) is 22.9 Å². The van der Waals surface area contributed by atoms with E-state index in [1.165, 1.54) is 23.3 Å². The molecule has 3 N–H and O–H groups in total. The van der Waals surface area contributed by atoms with Crippen molar-refractivity contribution in [2.45, 2.75) is 6.04 Å². The lowest BCUT2D eigenvalue weighted by atomic mass is 9.96. The van der Waals surface area contributed by atoms with Crippen LogP contribution in [0.5, 0.6) is 11.5 Å². The predicted octanol–water partition coefficient (Wildman–Crippen LogP) is 4.39. The summed E-state index contributed by atoms with van der Waals surface area (Å²) >= 11 is 0. The summed E-state index contributed by atoms with van der Waals surface area (Å²) in [7, 11) is 0. The summed E-state index contributed by atoms with van der Waals surface area (Å²) in [5.74, 6) is -0.260. The third-order valence-corrected chi connectivity index (χ3v) is 6.92. The Morgan fingerprint density at radius 2 is 1.42 bits per heavy atom. The molecule has 1 aliphatic rings. The van der Waals surface area contributed by atoms with Crippen molar-refractivity contribution in [3.63, 3.8) is 0 Å². The number of hydrogen-bond acceptors (Lipinski definition) is 5. The van der Waals surface area contributed by atoms with Gasteiger partial charge in [-0.25, -0.2) is 0 Å². The minimum absolute atomic E-state index is 0.0413. The van der Waals surface area contributed by atoms with E-state index in [-0.39, 0.29) is 23.4 Å². The number of rotatable bonds is 7. The topological polar surface area (TPSA) is 76.0 Å². The van der Waals surface area contributed by atoms with Crippen LogP contribution in [0.25, 0.3) is 10.8 Å². The van der Waals surface area contributed by atoms with Crippen LogP contribution >= 0.6 is 0 Å². The van der Waals surface area contributed by atoms with Crippen molar-refractivity contribution < 1.29 is 15.0 Å². The van der Waals surface area contributed by atoms with E-state index in [1.54, 1.807) is 18.2 Å². The molecule has 0 aliphatic carbocycles. The molecule has 0 saturated carbocycles. The van der Waals surface area contributed by atoms with Gasteiger partial charge >= 0.3 is 0 Å². The molecule has 6 nitrogen and oxygen atoms in total. The van der Waals surface area contributed by atoms with E-state index < -0.39 is 0 Å². The Bertz CT molecular complexity index is 1280. The lowest BCUT2D eigenvalue weighted by Crippen LogP contribution is -2.49. The maximum absolute atomic E-state index is 12.9. The molecule has 0 radical (unpaired) electrons. The number of carbonyl (C=O) groups is 1. The van der Waals surface area contributed by atoms with E-state index in [9.17, 15) is 15.0 Å². The lowest BCUT2D eigenvalue weighted by molar-refractivity contribution is 0.0922. The summed E-state index contributed by atoms with van der Waals surface area (Å²) in [5.41, 5.74) is 2.96. The van der Waals surface area contributed by atoms with E-state index in [0.717, 1.165) is 32.7 Å². The molecule has 1 amide bonds. The molecule has 1 saturated heterocycles. The van der Waals surface area contributed by atoms with Gasteiger partial charge in [0.05, 0.1) is 11.6 Å². The van der Waals surface area contributed by atoms with Crippen molar-refractivity contribution in [2.24, 2.45) is 0 Å². The largest absolute Gasteiger partial charge is 0.508 e. The molecule has 0 atom stereocenters. The monoisotopic (exact) mass is 481 g/mol. The van der Waals surface area contributed by atoms with Crippen molar-refractivity contribution in [3.8, 4) is 11.5 Å². The zero-order chi connectivity index (χ0) is 24.9. The van der Waals surface area contributed by atoms with E-state index >= 15 is 0 Å². The highest BCUT2D eigenvalue weighted by atomic mass is 16.3. The van der Waals surface area contributed by atoms with Gasteiger partial charge < -0.3 is 15.5 Å². The summed E-state index contributed by atoms with van der Waals surface area (Å²) in [4.78, 5) is 17.8. The Kier molecular flexibility index (Phi) is 7.16. The Morgan fingerprint density at radius 1 is 0.778 bits per heavy atom. The summed E-state index contributed by atoms with van der Waals surface area (Å²) in [6.07, 6.45) is 0. The van der Waals surface area contributed by atoms with Crippen LogP contribution in [0.3, 0.4) is 0 Å². The van der Waals surface area contributed by atoms with Gasteiger partial charge in [0.1, 0.15) is 11.5 Å². The van der Waals surface area contributed by atoms with E-state index in [2.05, 4.69) is 75.8 Å². The van der Waals surface area contributed by atoms with Gasteiger partial charge in [0.15, 0.2) is 0 Å². The highest BCUT2D eigenvalue weighted by Crippen LogP contribution is 2.31. The average Bonchev–Trinajstić information content (AvgIpc) is 2.91. The number of nitrogens with zero attached hydrogens (tertiary/aromatic N) is 2. The molecule has 4 aromatic rings. The molecule has 0 spiro atoms. The van der Waals surface area contributed by atoms with Gasteiger partial charge in [-0.05, 0) is 34.7 Å². The van der Waals surface area contributed by atoms with Gasteiger partial charge in [-0.15, -0.1) is 0 Å². The molecule has 0 aromatic heterocycles. The zero-order valence-corrected chi connectivity index (χ0v) is 20.2. The normalized spacial score (nSPS) is 14.8. The van der Waals surface area contributed by atoms with Gasteiger partial charge in [0.25, 0.3) is 5.91 Å². The molecule has 0 unspecified atom stereocenters. The number of phenolic OH excluding ortho intramolecular Hbond substituents is 2. The van der Waals surface area contributed by atoms with Crippen LogP contribution < -0.4 is 5.32 Å². The van der Waals surface area contributed by atoms with Crippen molar-refractivity contribution in [1.29, 1.82) is 0 Å². The molecule has 1 heterocycles. The molecule has 6 heteroatoms. The number of carbonyl (C=O) groups excluding carboxylic acids is 1. The summed E-state index contributed by atoms with van der Waals surface area (Å²) < 4.78 is 0. The fraction of sp³-hybridized carbons (Fsp3) is 0.233. The van der Waals surface area contributed by atoms with Gasteiger partial charge in [-0.2, -0.15) is 0 Å². The van der Waals surface area contributed by atoms with Gasteiger partial charge in [0.2, 0.25) is 0 Å². The molecular formula is C30H31N3O3. The van der Waals surface area contributed by atoms with Gasteiger partial charge in [0, 0.05) is 44.7 Å². The molecule has 0 bridgehead atoms. The zero-order valence-electron chi connectivity index (χ0n) is 20.2. The molecule has 4 aromatic carbocycles. The van der Waals surface area contributed by atoms with Gasteiger partial charge in [-0.1, -0.05) is 72.8 Å². The smallest absolute Gasteiger partial charge is 0.252 e. The minimum Gasteiger partial charge on any atom is -0.508 e. The minimum atomic E-state index is -0.256. The second-order valence-electron chi connectivity index (χ2n) is 9.22. The molecule has 1 aliphatic heterocycles. The first kappa shape index (κ1) is 23.9. The first-order valence-corrected chi connectivity index (χ1v) is 12.4. The molecular weight excluding hydrogens is 450 g/mol. The molecule has 5 rings (SSSR count). The third kappa shape index (κ3) is 5.20. The van der Waals surface area contributed by atoms with Crippen molar-refractivity contribution >= 4 is 16.7 Å². The van der Waals surface area contributed by atoms with Crippen LogP contribution in [-0.4, -0.2) is 65.2 Å². The van der Waals surface area contributed by atoms with Crippen molar-refractivity contribution in [2.75, 3.05) is 39.3 Å². The maximum atomic E-state index is 12.9. The van der Waals surface area contributed by atoms with Crippen LogP contribution in [0.2, 0.25) is 0 Å². The van der Waals surface area contributed by atoms with E-state index in [4.69, 9.17) is 0 Å². The Hall–Kier alpha value is -3.87. The highest BCUT2D eigenvalue weighted by molar-refractivity contribution is 6.09. The number of piperazine rings is 1. The number of nitrogens with one attached hydrogen (secondary N) is 1. The third-order valence-electron chi connectivity index (χ3n) is 6.92. The van der Waals surface area contributed by atoms with Crippen LogP contribution in [-0.2, 0) is 0 Å². The van der Waals surface area contributed by atoms with Crippen molar-refractivity contribution in [3.05, 3.63) is 108 Å². The standard InChI is InChI=1S/C30H31N3O3/c34-24-20-26-25(12-7-13-28(26)35)27(21-24)30(36)31-14-15-32-16-18-33(19-17-32)29(22-8-3-1-4-9-22)23-10-5-2-6-11-23/h1-13,20-21,29,34-35H,14-19H2,(H,31,36). The number of aromatic hydroxyl groups is 2. The van der Waals surface area contributed by atoms with Gasteiger partial charge in [-0.3, -0.25) is 14.6 Å². The second-order valence-corrected chi connectivity index (χ2v) is 9.22. The molecule has 184 valence electrons. The fourth-order valence-corrected chi connectivity index (χ4v) is 5.10. The van der Waals surface area contributed by atoms with Crippen LogP contribution in [0, 0.1) is 0 Å². The first-order valence-electron chi connectivity index (χ1n) is 12.4. The number of hydrogen-bond donors (Lipinski definition) is 3. The van der Waals surface area contributed by atoms with Crippen LogP contribution in [0.15, 0.2) is 91.0 Å². The first-order chi connectivity index (χ1) is 17.6. The second kappa shape index (κ2) is 10.8. The fourth-order valence-electron chi connectivity index (χ4n) is 5.10. The number of fused-ring (bicyclic) bond motifs is 1. The Morgan fingerprint density at radius 3 is 2.06 bits per heavy atom. The summed E-state index contributed by atoms with van der Waals surface area (Å²) in [6, 6.07) is 29.5. The quantitative estimate of drug-likeness (QED) is 0.365. The van der Waals surface area contributed by atoms with Crippen LogP contribution in [0.1, 0.15) is 27.5 Å². The number of benzene rings is 4. The molecule has 36 heavy (non-hydrogen) atoms. The summed E-state index contributed by atoms with van der Waals surface area (Å²) in [5, 5.41) is 24.2. The Balaban J connectivity index is 1.19. The Labute approximate surface area is 211 Å². The lowest BCUT2D eigenvalue weighted by Gasteiger charge is -2.39. The maximum Gasteiger partial charge on any atom is 0.252 e. The SMILES string of the molecule is O=C(NCCN1CCN(C(c2ccccc2)c2ccccc2)CC1)c1cc(O)cc2c(O)cccc12. The summed E-state index contributed by atoms with van der Waals surface area (Å²) in [6.45, 7) is 5.00. The predicted molar refractivity (Wildman–Crippen MR) is 142 cm³/mol. The number of phenols is 2. The average molecular weight is 482 g/mol. The van der Waals surface area contributed by atoms with Crippen LogP contribution in [0.4, 0.5) is 0 Å². The highest BCUT2D eigenvalue weighted by Gasteiger charge is 2.26. The van der Waals surface area contributed by atoms with E-state index in [1.807, 2.05) is 0 Å². The van der Waals surface area contributed by atoms with Crippen molar-refractivity contribution in [1.82, 2.24) is 15.1 Å².